The molecule has 0 spiro atoms. The largest absolute Gasteiger partial charge is 0.396 e. The quantitative estimate of drug-likeness (QED) is 0.383. The number of aliphatic hydroxyl groups excluding tert-OH is 1. The first kappa shape index (κ1) is 21.0. The predicted molar refractivity (Wildman–Crippen MR) is 134 cm³/mol. The number of thiophene rings is 1. The lowest BCUT2D eigenvalue weighted by molar-refractivity contribution is 0.151. The van der Waals surface area contributed by atoms with Crippen LogP contribution in [0.25, 0.3) is 43.4 Å². The van der Waals surface area contributed by atoms with Gasteiger partial charge in [0.05, 0.1) is 11.6 Å². The van der Waals surface area contributed by atoms with Crippen LogP contribution in [0.1, 0.15) is 12.8 Å². The molecule has 4 heterocycles. The van der Waals surface area contributed by atoms with E-state index in [2.05, 4.69) is 39.7 Å². The standard InChI is InChI=1S/C25H25N7OS/c1-31-9-8-26-24(31)23-29-22(28-18-10-15(11-18)14-33)20-19(16-6-4-3-5-7-16)21(34-25(20)30-23)17-12-27-32(2)13-17/h3-9,12-13,15,18,33H,10-11,14H2,1-2H3,(H,28,29,30). The molecule has 0 unspecified atom stereocenters. The van der Waals surface area contributed by atoms with E-state index in [9.17, 15) is 5.11 Å². The normalized spacial score (nSPS) is 17.7. The predicted octanol–water partition coefficient (Wildman–Crippen LogP) is 4.34. The fourth-order valence-electron chi connectivity index (χ4n) is 4.60. The summed E-state index contributed by atoms with van der Waals surface area (Å²) in [6, 6.07) is 10.7. The number of aryl methyl sites for hydroxylation is 2. The minimum atomic E-state index is 0.231. The van der Waals surface area contributed by atoms with Crippen molar-refractivity contribution in [2.24, 2.45) is 20.0 Å². The Hall–Kier alpha value is -3.56. The molecule has 0 amide bonds. The third-order valence-corrected chi connectivity index (χ3v) is 7.57. The number of rotatable bonds is 6. The summed E-state index contributed by atoms with van der Waals surface area (Å²) in [7, 11) is 3.88. The molecule has 1 aliphatic rings. The Morgan fingerprint density at radius 2 is 1.94 bits per heavy atom. The average molecular weight is 472 g/mol. The number of aliphatic hydroxyl groups is 1. The van der Waals surface area contributed by atoms with Crippen LogP contribution in [0.3, 0.4) is 0 Å². The molecule has 2 N–H and O–H groups in total. The average Bonchev–Trinajstić information content (AvgIpc) is 3.54. The van der Waals surface area contributed by atoms with E-state index in [-0.39, 0.29) is 12.6 Å². The Kier molecular flexibility index (Phi) is 5.15. The highest BCUT2D eigenvalue weighted by molar-refractivity contribution is 7.22. The highest BCUT2D eigenvalue weighted by Crippen LogP contribution is 2.47. The van der Waals surface area contributed by atoms with Gasteiger partial charge in [-0.3, -0.25) is 4.68 Å². The third kappa shape index (κ3) is 3.57. The maximum atomic E-state index is 9.49. The van der Waals surface area contributed by atoms with E-state index >= 15 is 0 Å². The number of anilines is 1. The first-order valence-electron chi connectivity index (χ1n) is 11.3. The van der Waals surface area contributed by atoms with Gasteiger partial charge in [0, 0.05) is 61.3 Å². The van der Waals surface area contributed by atoms with E-state index in [0.717, 1.165) is 56.3 Å². The Bertz CT molecular complexity index is 1460. The zero-order chi connectivity index (χ0) is 23.2. The number of imidazole rings is 1. The summed E-state index contributed by atoms with van der Waals surface area (Å²) >= 11 is 1.65. The van der Waals surface area contributed by atoms with E-state index in [1.54, 1.807) is 17.5 Å². The van der Waals surface area contributed by atoms with Crippen molar-refractivity contribution in [3.05, 3.63) is 55.1 Å². The van der Waals surface area contributed by atoms with Gasteiger partial charge >= 0.3 is 0 Å². The second-order valence-corrected chi connectivity index (χ2v) is 9.87. The summed E-state index contributed by atoms with van der Waals surface area (Å²) in [6.45, 7) is 0.231. The first-order valence-corrected chi connectivity index (χ1v) is 12.2. The maximum absolute atomic E-state index is 9.49. The van der Waals surface area contributed by atoms with Crippen LogP contribution < -0.4 is 5.32 Å². The molecule has 0 bridgehead atoms. The Morgan fingerprint density at radius 3 is 2.62 bits per heavy atom. The minimum absolute atomic E-state index is 0.231. The van der Waals surface area contributed by atoms with Crippen LogP contribution in [0.2, 0.25) is 0 Å². The molecule has 4 aromatic heterocycles. The summed E-state index contributed by atoms with van der Waals surface area (Å²) in [6.07, 6.45) is 9.46. The molecule has 34 heavy (non-hydrogen) atoms. The number of nitrogens with one attached hydrogen (secondary N) is 1. The van der Waals surface area contributed by atoms with Gasteiger partial charge in [-0.2, -0.15) is 5.10 Å². The second-order valence-electron chi connectivity index (χ2n) is 8.87. The number of hydrogen-bond donors (Lipinski definition) is 2. The zero-order valence-corrected chi connectivity index (χ0v) is 19.8. The summed E-state index contributed by atoms with van der Waals surface area (Å²) in [5.41, 5.74) is 3.28. The van der Waals surface area contributed by atoms with Crippen molar-refractivity contribution in [2.45, 2.75) is 18.9 Å². The second kappa shape index (κ2) is 8.34. The fraction of sp³-hybridized carbons (Fsp3) is 0.280. The summed E-state index contributed by atoms with van der Waals surface area (Å²) in [4.78, 5) is 16.5. The summed E-state index contributed by atoms with van der Waals surface area (Å²) in [5, 5.41) is 18.6. The lowest BCUT2D eigenvalue weighted by Gasteiger charge is -2.35. The molecule has 5 aromatic rings. The number of benzene rings is 1. The molecule has 172 valence electrons. The molecule has 0 atom stereocenters. The van der Waals surface area contributed by atoms with Crippen LogP contribution in [0.5, 0.6) is 0 Å². The molecule has 0 saturated heterocycles. The van der Waals surface area contributed by atoms with Gasteiger partial charge < -0.3 is 15.0 Å². The van der Waals surface area contributed by atoms with E-state index < -0.39 is 0 Å². The van der Waals surface area contributed by atoms with Crippen molar-refractivity contribution in [2.75, 3.05) is 11.9 Å². The van der Waals surface area contributed by atoms with E-state index in [1.807, 2.05) is 48.0 Å². The van der Waals surface area contributed by atoms with Crippen LogP contribution in [-0.2, 0) is 14.1 Å². The number of fused-ring (bicyclic) bond motifs is 1. The molecular weight excluding hydrogens is 446 g/mol. The fourth-order valence-corrected chi connectivity index (χ4v) is 5.78. The van der Waals surface area contributed by atoms with Crippen LogP contribution >= 0.6 is 11.3 Å². The van der Waals surface area contributed by atoms with Gasteiger partial charge in [0.25, 0.3) is 0 Å². The van der Waals surface area contributed by atoms with Gasteiger partial charge in [0.2, 0.25) is 0 Å². The lowest BCUT2D eigenvalue weighted by Crippen LogP contribution is -2.37. The molecule has 8 nitrogen and oxygen atoms in total. The zero-order valence-electron chi connectivity index (χ0n) is 19.0. The van der Waals surface area contributed by atoms with E-state index in [0.29, 0.717) is 11.7 Å². The highest BCUT2D eigenvalue weighted by atomic mass is 32.1. The van der Waals surface area contributed by atoms with Gasteiger partial charge in [-0.25, -0.2) is 15.0 Å². The van der Waals surface area contributed by atoms with Gasteiger partial charge in [0.15, 0.2) is 11.6 Å². The van der Waals surface area contributed by atoms with Gasteiger partial charge in [-0.05, 0) is 24.3 Å². The Morgan fingerprint density at radius 1 is 1.12 bits per heavy atom. The third-order valence-electron chi connectivity index (χ3n) is 6.44. The topological polar surface area (TPSA) is 93.7 Å². The molecule has 6 rings (SSSR count). The van der Waals surface area contributed by atoms with Gasteiger partial charge in [0.1, 0.15) is 10.6 Å². The van der Waals surface area contributed by atoms with Gasteiger partial charge in [-0.15, -0.1) is 11.3 Å². The Labute approximate surface area is 201 Å². The van der Waals surface area contributed by atoms with Crippen molar-refractivity contribution in [1.29, 1.82) is 0 Å². The first-order chi connectivity index (χ1) is 16.6. The number of hydrogen-bond acceptors (Lipinski definition) is 7. The summed E-state index contributed by atoms with van der Waals surface area (Å²) in [5.74, 6) is 2.49. The van der Waals surface area contributed by atoms with Crippen molar-refractivity contribution >= 4 is 27.4 Å². The van der Waals surface area contributed by atoms with E-state index in [1.165, 1.54) is 0 Å². The van der Waals surface area contributed by atoms with Crippen molar-refractivity contribution < 1.29 is 5.11 Å². The number of aromatic nitrogens is 6. The molecule has 1 saturated carbocycles. The lowest BCUT2D eigenvalue weighted by atomic mass is 9.81. The van der Waals surface area contributed by atoms with Crippen molar-refractivity contribution in [3.63, 3.8) is 0 Å². The van der Waals surface area contributed by atoms with Crippen molar-refractivity contribution in [1.82, 2.24) is 29.3 Å². The molecule has 1 aromatic carbocycles. The van der Waals surface area contributed by atoms with Gasteiger partial charge in [-0.1, -0.05) is 30.3 Å². The molecule has 0 radical (unpaired) electrons. The Balaban J connectivity index is 1.60. The highest BCUT2D eigenvalue weighted by Gasteiger charge is 2.31. The monoisotopic (exact) mass is 471 g/mol. The summed E-state index contributed by atoms with van der Waals surface area (Å²) < 4.78 is 3.76. The molecular formula is C25H25N7OS. The molecule has 1 aliphatic carbocycles. The van der Waals surface area contributed by atoms with Crippen LogP contribution in [0.4, 0.5) is 5.82 Å². The van der Waals surface area contributed by atoms with Crippen LogP contribution in [0, 0.1) is 5.92 Å². The van der Waals surface area contributed by atoms with E-state index in [4.69, 9.17) is 9.97 Å². The maximum Gasteiger partial charge on any atom is 0.199 e. The molecule has 0 aliphatic heterocycles. The minimum Gasteiger partial charge on any atom is -0.396 e. The number of nitrogens with zero attached hydrogens (tertiary/aromatic N) is 6. The molecule has 9 heteroatoms. The smallest absolute Gasteiger partial charge is 0.199 e. The van der Waals surface area contributed by atoms with Crippen LogP contribution in [-0.4, -0.2) is 47.1 Å². The van der Waals surface area contributed by atoms with Crippen molar-refractivity contribution in [3.8, 4) is 33.2 Å². The SMILES string of the molecule is Cn1cc(-c2sc3nc(-c4nccn4C)nc(NC4CC(CO)C4)c3c2-c2ccccc2)cn1. The molecule has 1 fully saturated rings. The van der Waals surface area contributed by atoms with Crippen LogP contribution in [0.15, 0.2) is 55.1 Å².